The molecule has 0 fully saturated rings. The predicted molar refractivity (Wildman–Crippen MR) is 116 cm³/mol. The van der Waals surface area contributed by atoms with E-state index in [1.54, 1.807) is 0 Å². The molecule has 30 heavy (non-hydrogen) atoms. The van der Waals surface area contributed by atoms with Crippen LogP contribution in [0.1, 0.15) is 130 Å². The van der Waals surface area contributed by atoms with Crippen LogP contribution in [-0.2, 0) is 0 Å². The smallest absolute Gasteiger partial charge is 0.0786 e. The number of nitrogens with zero attached hydrogens (tertiary/aromatic N) is 1. The molecule has 0 saturated carbocycles. The van der Waals surface area contributed by atoms with Crippen LogP contribution in [0.15, 0.2) is 0 Å². The zero-order valence-corrected chi connectivity index (χ0v) is 21.4. The first-order chi connectivity index (χ1) is 14.2. The molecule has 0 aliphatic carbocycles. The lowest BCUT2D eigenvalue weighted by molar-refractivity contribution is -2.00. The Hall–Kier alpha value is 0.0900. The van der Waals surface area contributed by atoms with E-state index in [0.717, 1.165) is 0 Å². The minimum atomic E-state index is -4.94. The van der Waals surface area contributed by atoms with Crippen molar-refractivity contribution in [3.8, 4) is 0 Å². The minimum Gasteiger partial charge on any atom is -0.324 e. The summed E-state index contributed by atoms with van der Waals surface area (Å²) in [6.45, 7) is 15.2. The summed E-state index contributed by atoms with van der Waals surface area (Å²) in [4.78, 5) is 0. The molecule has 0 aromatic carbocycles. The number of rotatable bonds is 20. The van der Waals surface area contributed by atoms with Crippen LogP contribution >= 0.6 is 0 Å². The highest BCUT2D eigenvalue weighted by Crippen LogP contribution is 2.19. The van der Waals surface area contributed by atoms with Gasteiger partial charge in [-0.05, 0) is 51.4 Å². The zero-order valence-electron chi connectivity index (χ0n) is 20.6. The maximum atomic E-state index is 8.49. The quantitative estimate of drug-likeness (QED) is 0.208. The Morgan fingerprint density at radius 3 is 0.767 bits per heavy atom. The Morgan fingerprint density at radius 2 is 0.600 bits per heavy atom. The van der Waals surface area contributed by atoms with Gasteiger partial charge in [-0.3, -0.25) is 0 Å². The standard InChI is InChI=1S/C24H52N.ClHO4/c1-5-9-13-17-21-25(22-18-14-10-6-2,23-19-15-11-7-3)24-20-16-12-8-4;2-1(3,4)5/h5-24H2,1-4H3;(H,2,3,4,5)/q+1;/p-1. The van der Waals surface area contributed by atoms with E-state index >= 15 is 0 Å². The molecule has 0 aromatic rings. The van der Waals surface area contributed by atoms with Crippen LogP contribution in [0.5, 0.6) is 0 Å². The van der Waals surface area contributed by atoms with Crippen LogP contribution in [0.2, 0.25) is 0 Å². The summed E-state index contributed by atoms with van der Waals surface area (Å²) in [7, 11) is -4.94. The van der Waals surface area contributed by atoms with Crippen molar-refractivity contribution in [3.05, 3.63) is 0 Å². The summed E-state index contributed by atoms with van der Waals surface area (Å²) in [5, 5.41) is 0. The summed E-state index contributed by atoms with van der Waals surface area (Å²) in [6, 6.07) is 0. The van der Waals surface area contributed by atoms with Crippen molar-refractivity contribution in [2.45, 2.75) is 130 Å². The summed E-state index contributed by atoms with van der Waals surface area (Å²) in [5.74, 6) is 0. The molecule has 0 aromatic heterocycles. The monoisotopic (exact) mass is 453 g/mol. The summed E-state index contributed by atoms with van der Waals surface area (Å²) in [6.07, 6.45) is 22.8. The van der Waals surface area contributed by atoms with E-state index in [4.69, 9.17) is 18.6 Å². The van der Waals surface area contributed by atoms with Gasteiger partial charge in [0.05, 0.1) is 26.2 Å². The van der Waals surface area contributed by atoms with Crippen LogP contribution in [0.3, 0.4) is 0 Å². The SMILES string of the molecule is CCCCCC[N+](CCCCCC)(CCCCCC)CCCCCC.[O-][Cl+3]([O-])([O-])[O-]. The van der Waals surface area contributed by atoms with Gasteiger partial charge in [-0.2, -0.15) is 0 Å². The Morgan fingerprint density at radius 1 is 0.400 bits per heavy atom. The molecule has 0 heterocycles. The lowest BCUT2D eigenvalue weighted by atomic mass is 10.1. The second-order valence-corrected chi connectivity index (χ2v) is 9.61. The Bertz CT molecular complexity index is 278. The molecule has 0 aliphatic rings. The topological polar surface area (TPSA) is 92.2 Å². The van der Waals surface area contributed by atoms with Crippen molar-refractivity contribution < 1.29 is 33.4 Å². The maximum absolute atomic E-state index is 8.49. The molecule has 0 radical (unpaired) electrons. The molecule has 0 bridgehead atoms. The molecule has 0 amide bonds. The third kappa shape index (κ3) is 26.1. The molecule has 0 saturated heterocycles. The molecule has 5 nitrogen and oxygen atoms in total. The molecule has 0 unspecified atom stereocenters. The van der Waals surface area contributed by atoms with Crippen molar-refractivity contribution in [3.63, 3.8) is 0 Å². The van der Waals surface area contributed by atoms with E-state index in [9.17, 15) is 0 Å². The van der Waals surface area contributed by atoms with Gasteiger partial charge in [0.15, 0.2) is 0 Å². The molecule has 0 N–H and O–H groups in total. The number of hydrogen-bond donors (Lipinski definition) is 0. The minimum absolute atomic E-state index is 1.36. The van der Waals surface area contributed by atoms with E-state index in [0.29, 0.717) is 0 Å². The van der Waals surface area contributed by atoms with Crippen molar-refractivity contribution in [2.75, 3.05) is 26.2 Å². The lowest BCUT2D eigenvalue weighted by Gasteiger charge is -2.39. The third-order valence-corrected chi connectivity index (χ3v) is 5.94. The highest BCUT2D eigenvalue weighted by molar-refractivity contribution is 4.53. The van der Waals surface area contributed by atoms with Gasteiger partial charge in [-0.1, -0.05) is 79.1 Å². The fraction of sp³-hybridized carbons (Fsp3) is 1.00. The van der Waals surface area contributed by atoms with Gasteiger partial charge < -0.3 is 4.48 Å². The molecular formula is C24H52ClNO4. The fourth-order valence-corrected chi connectivity index (χ4v) is 4.17. The normalized spacial score (nSPS) is 12.0. The van der Waals surface area contributed by atoms with Crippen molar-refractivity contribution in [1.29, 1.82) is 0 Å². The highest BCUT2D eigenvalue weighted by Gasteiger charge is 2.25. The molecular weight excluding hydrogens is 402 g/mol. The van der Waals surface area contributed by atoms with E-state index in [-0.39, 0.29) is 0 Å². The Labute approximate surface area is 190 Å². The largest absolute Gasteiger partial charge is 0.324 e. The number of hydrogen-bond acceptors (Lipinski definition) is 4. The van der Waals surface area contributed by atoms with Gasteiger partial charge in [0.25, 0.3) is 0 Å². The van der Waals surface area contributed by atoms with Gasteiger partial charge in [0, 0.05) is 0 Å². The van der Waals surface area contributed by atoms with Gasteiger partial charge in [0.2, 0.25) is 0 Å². The number of halogens is 1. The average Bonchev–Trinajstić information content (AvgIpc) is 2.68. The first-order valence-corrected chi connectivity index (χ1v) is 13.9. The molecule has 0 spiro atoms. The van der Waals surface area contributed by atoms with Crippen LogP contribution in [-0.4, -0.2) is 30.7 Å². The first-order valence-electron chi connectivity index (χ1n) is 12.7. The van der Waals surface area contributed by atoms with Crippen molar-refractivity contribution >= 4 is 0 Å². The van der Waals surface area contributed by atoms with Crippen LogP contribution in [0.25, 0.3) is 0 Å². The molecule has 6 heteroatoms. The van der Waals surface area contributed by atoms with Gasteiger partial charge in [-0.25, -0.2) is 18.6 Å². The van der Waals surface area contributed by atoms with Crippen molar-refractivity contribution in [1.82, 2.24) is 0 Å². The van der Waals surface area contributed by atoms with E-state index in [1.165, 1.54) is 133 Å². The van der Waals surface area contributed by atoms with Gasteiger partial charge in [-0.15, -0.1) is 10.2 Å². The fourth-order valence-electron chi connectivity index (χ4n) is 4.17. The van der Waals surface area contributed by atoms with Crippen LogP contribution in [0.4, 0.5) is 0 Å². The molecule has 184 valence electrons. The van der Waals surface area contributed by atoms with E-state index in [1.807, 2.05) is 0 Å². The molecule has 0 aliphatic heterocycles. The van der Waals surface area contributed by atoms with Crippen molar-refractivity contribution in [2.24, 2.45) is 0 Å². The van der Waals surface area contributed by atoms with Crippen LogP contribution < -0.4 is 18.6 Å². The third-order valence-electron chi connectivity index (χ3n) is 5.94. The first kappa shape index (κ1) is 32.3. The van der Waals surface area contributed by atoms with E-state index in [2.05, 4.69) is 27.7 Å². The number of unbranched alkanes of at least 4 members (excludes halogenated alkanes) is 12. The van der Waals surface area contributed by atoms with Gasteiger partial charge in [0.1, 0.15) is 0 Å². The number of quaternary nitrogens is 1. The second-order valence-electron chi connectivity index (χ2n) is 8.86. The summed E-state index contributed by atoms with van der Waals surface area (Å²) < 4.78 is 35.4. The summed E-state index contributed by atoms with van der Waals surface area (Å²) in [5.41, 5.74) is 0. The Balaban J connectivity index is 0. The maximum Gasteiger partial charge on any atom is 0.0786 e. The predicted octanol–water partition coefficient (Wildman–Crippen LogP) is 3.37. The van der Waals surface area contributed by atoms with Gasteiger partial charge >= 0.3 is 0 Å². The Kier molecular flexibility index (Phi) is 24.0. The van der Waals surface area contributed by atoms with Crippen LogP contribution in [0, 0.1) is 10.2 Å². The molecule has 0 rings (SSSR count). The highest BCUT2D eigenvalue weighted by atomic mass is 35.7. The zero-order chi connectivity index (χ0) is 23.1. The van der Waals surface area contributed by atoms with E-state index < -0.39 is 10.2 Å². The second kappa shape index (κ2) is 22.3. The average molecular weight is 454 g/mol. The lowest BCUT2D eigenvalue weighted by Crippen LogP contribution is -2.68. The summed E-state index contributed by atoms with van der Waals surface area (Å²) >= 11 is 0. The molecule has 0 atom stereocenters.